The van der Waals surface area contributed by atoms with Crippen molar-refractivity contribution in [3.05, 3.63) is 56.8 Å². The quantitative estimate of drug-likeness (QED) is 0.887. The first-order valence-corrected chi connectivity index (χ1v) is 10.3. The summed E-state index contributed by atoms with van der Waals surface area (Å²) in [6, 6.07) is 11.6. The topological polar surface area (TPSA) is 32.3 Å². The number of benzene rings is 1. The molecule has 1 N–H and O–H groups in total. The third-order valence-electron chi connectivity index (χ3n) is 6.12. The summed E-state index contributed by atoms with van der Waals surface area (Å²) >= 11 is 1.70. The van der Waals surface area contributed by atoms with E-state index in [1.165, 1.54) is 47.3 Å². The van der Waals surface area contributed by atoms with Crippen LogP contribution in [-0.4, -0.2) is 16.8 Å². The van der Waals surface area contributed by atoms with Crippen LogP contribution in [0.2, 0.25) is 0 Å². The summed E-state index contributed by atoms with van der Waals surface area (Å²) in [6.07, 6.45) is 7.55. The molecule has 25 heavy (non-hydrogen) atoms. The minimum atomic E-state index is 0.105. The van der Waals surface area contributed by atoms with Gasteiger partial charge in [0.25, 0.3) is 5.91 Å². The lowest BCUT2D eigenvalue weighted by molar-refractivity contribution is 0.0940. The number of fused-ring (bicyclic) bond motifs is 2. The second-order valence-electron chi connectivity index (χ2n) is 7.67. The molecule has 0 radical (unpaired) electrons. The predicted octanol–water partition coefficient (Wildman–Crippen LogP) is 4.42. The maximum absolute atomic E-state index is 12.7. The van der Waals surface area contributed by atoms with E-state index in [2.05, 4.69) is 40.5 Å². The second-order valence-corrected chi connectivity index (χ2v) is 8.80. The van der Waals surface area contributed by atoms with E-state index in [4.69, 9.17) is 0 Å². The Morgan fingerprint density at radius 2 is 1.92 bits per heavy atom. The van der Waals surface area contributed by atoms with E-state index >= 15 is 0 Å². The van der Waals surface area contributed by atoms with E-state index in [9.17, 15) is 4.79 Å². The van der Waals surface area contributed by atoms with Gasteiger partial charge in [-0.15, -0.1) is 11.3 Å². The fourth-order valence-corrected chi connectivity index (χ4v) is 5.87. The van der Waals surface area contributed by atoms with E-state index < -0.39 is 0 Å². The van der Waals surface area contributed by atoms with Gasteiger partial charge in [-0.2, -0.15) is 0 Å². The Kier molecular flexibility index (Phi) is 3.90. The molecular weight excluding hydrogens is 328 g/mol. The first-order valence-electron chi connectivity index (χ1n) is 9.52. The SMILES string of the molecule is O=C(NC1CCc2ccccc21)c1cc2c(s1)CN(C1CCCC1)C2. The van der Waals surface area contributed by atoms with Crippen LogP contribution in [0.3, 0.4) is 0 Å². The Bertz CT molecular complexity index is 782. The molecule has 1 saturated carbocycles. The number of hydrogen-bond donors (Lipinski definition) is 1. The van der Waals surface area contributed by atoms with E-state index in [1.807, 2.05) is 0 Å². The van der Waals surface area contributed by atoms with Crippen molar-refractivity contribution in [1.82, 2.24) is 10.2 Å². The fourth-order valence-electron chi connectivity index (χ4n) is 4.77. The van der Waals surface area contributed by atoms with E-state index in [-0.39, 0.29) is 11.9 Å². The van der Waals surface area contributed by atoms with Gasteiger partial charge < -0.3 is 5.32 Å². The molecule has 5 rings (SSSR count). The summed E-state index contributed by atoms with van der Waals surface area (Å²) in [6.45, 7) is 2.08. The molecule has 0 saturated heterocycles. The van der Waals surface area contributed by atoms with Crippen molar-refractivity contribution in [2.75, 3.05) is 0 Å². The number of thiophene rings is 1. The Balaban J connectivity index is 1.27. The highest BCUT2D eigenvalue weighted by Crippen LogP contribution is 2.36. The molecule has 3 aliphatic rings. The van der Waals surface area contributed by atoms with Gasteiger partial charge in [-0.1, -0.05) is 37.1 Å². The molecular formula is C21H24N2OS. The summed E-state index contributed by atoms with van der Waals surface area (Å²) in [5, 5.41) is 3.26. The summed E-state index contributed by atoms with van der Waals surface area (Å²) in [7, 11) is 0. The number of carbonyl (C=O) groups excluding carboxylic acids is 1. The number of rotatable bonds is 3. The molecule has 1 aliphatic heterocycles. The molecule has 1 unspecified atom stereocenters. The Morgan fingerprint density at radius 1 is 1.08 bits per heavy atom. The first kappa shape index (κ1) is 15.6. The molecule has 2 aliphatic carbocycles. The normalized spacial score (nSPS) is 23.0. The average Bonchev–Trinajstić information content (AvgIpc) is 3.37. The van der Waals surface area contributed by atoms with Crippen molar-refractivity contribution >= 4 is 17.2 Å². The van der Waals surface area contributed by atoms with Crippen molar-refractivity contribution in [3.63, 3.8) is 0 Å². The van der Waals surface area contributed by atoms with Crippen molar-refractivity contribution < 1.29 is 4.79 Å². The zero-order chi connectivity index (χ0) is 16.8. The standard InChI is InChI=1S/C21H24N2OS/c24-21(22-18-10-9-14-5-1-4-8-17(14)18)19-11-15-12-23(13-20(15)25-19)16-6-2-3-7-16/h1,4-5,8,11,16,18H,2-3,6-7,9-10,12-13H2,(H,22,24). The van der Waals surface area contributed by atoms with Crippen molar-refractivity contribution in [2.45, 2.75) is 63.7 Å². The third-order valence-corrected chi connectivity index (χ3v) is 7.28. The highest BCUT2D eigenvalue weighted by atomic mass is 32.1. The molecule has 4 heteroatoms. The van der Waals surface area contributed by atoms with Crippen LogP contribution in [-0.2, 0) is 19.5 Å². The fraction of sp³-hybridized carbons (Fsp3) is 0.476. The number of amides is 1. The molecule has 130 valence electrons. The van der Waals surface area contributed by atoms with Gasteiger partial charge in [0, 0.05) is 24.0 Å². The lowest BCUT2D eigenvalue weighted by Crippen LogP contribution is -2.28. The van der Waals surface area contributed by atoms with E-state index in [0.717, 1.165) is 36.9 Å². The zero-order valence-corrected chi connectivity index (χ0v) is 15.3. The predicted molar refractivity (Wildman–Crippen MR) is 101 cm³/mol. The second kappa shape index (κ2) is 6.26. The summed E-state index contributed by atoms with van der Waals surface area (Å²) < 4.78 is 0. The smallest absolute Gasteiger partial charge is 0.261 e. The van der Waals surface area contributed by atoms with E-state index in [1.54, 1.807) is 11.3 Å². The number of carbonyl (C=O) groups is 1. The van der Waals surface area contributed by atoms with Gasteiger partial charge in [-0.3, -0.25) is 9.69 Å². The van der Waals surface area contributed by atoms with Crippen LogP contribution in [0.5, 0.6) is 0 Å². The van der Waals surface area contributed by atoms with Crippen molar-refractivity contribution in [2.24, 2.45) is 0 Å². The Labute approximate surface area is 153 Å². The monoisotopic (exact) mass is 352 g/mol. The molecule has 3 nitrogen and oxygen atoms in total. The minimum absolute atomic E-state index is 0.105. The van der Waals surface area contributed by atoms with E-state index in [0.29, 0.717) is 0 Å². The molecule has 1 aromatic heterocycles. The van der Waals surface area contributed by atoms with Gasteiger partial charge in [-0.05, 0) is 48.4 Å². The van der Waals surface area contributed by atoms with Gasteiger partial charge in [0.2, 0.25) is 0 Å². The van der Waals surface area contributed by atoms with Gasteiger partial charge in [0.1, 0.15) is 0 Å². The molecule has 1 aromatic carbocycles. The maximum atomic E-state index is 12.7. The molecule has 1 amide bonds. The number of aryl methyl sites for hydroxylation is 1. The van der Waals surface area contributed by atoms with Gasteiger partial charge in [0.05, 0.1) is 10.9 Å². The summed E-state index contributed by atoms with van der Waals surface area (Å²) in [4.78, 5) is 17.6. The van der Waals surface area contributed by atoms with Crippen LogP contribution >= 0.6 is 11.3 Å². The van der Waals surface area contributed by atoms with Crippen LogP contribution in [0, 0.1) is 0 Å². The van der Waals surface area contributed by atoms with Gasteiger partial charge in [-0.25, -0.2) is 0 Å². The van der Waals surface area contributed by atoms with Crippen molar-refractivity contribution in [1.29, 1.82) is 0 Å². The minimum Gasteiger partial charge on any atom is -0.345 e. The highest BCUT2D eigenvalue weighted by molar-refractivity contribution is 7.14. The molecule has 1 atom stereocenters. The lowest BCUT2D eigenvalue weighted by atomic mass is 10.1. The number of nitrogens with one attached hydrogen (secondary N) is 1. The molecule has 2 heterocycles. The molecule has 0 bridgehead atoms. The van der Waals surface area contributed by atoms with Crippen LogP contribution in [0.25, 0.3) is 0 Å². The third kappa shape index (κ3) is 2.81. The number of nitrogens with zero attached hydrogens (tertiary/aromatic N) is 1. The summed E-state index contributed by atoms with van der Waals surface area (Å²) in [5.41, 5.74) is 4.06. The van der Waals surface area contributed by atoms with Gasteiger partial charge in [0.15, 0.2) is 0 Å². The van der Waals surface area contributed by atoms with Crippen LogP contribution in [0.15, 0.2) is 30.3 Å². The first-order chi connectivity index (χ1) is 12.3. The molecule has 2 aromatic rings. The lowest BCUT2D eigenvalue weighted by Gasteiger charge is -2.22. The largest absolute Gasteiger partial charge is 0.345 e. The van der Waals surface area contributed by atoms with Gasteiger partial charge >= 0.3 is 0 Å². The van der Waals surface area contributed by atoms with Crippen LogP contribution < -0.4 is 5.32 Å². The average molecular weight is 353 g/mol. The molecule has 0 spiro atoms. The Hall–Kier alpha value is -1.65. The Morgan fingerprint density at radius 3 is 2.76 bits per heavy atom. The zero-order valence-electron chi connectivity index (χ0n) is 14.5. The molecule has 1 fully saturated rings. The van der Waals surface area contributed by atoms with Crippen LogP contribution in [0.1, 0.15) is 69.4 Å². The highest BCUT2D eigenvalue weighted by Gasteiger charge is 2.31. The number of hydrogen-bond acceptors (Lipinski definition) is 3. The maximum Gasteiger partial charge on any atom is 0.261 e. The summed E-state index contributed by atoms with van der Waals surface area (Å²) in [5.74, 6) is 0.105. The van der Waals surface area contributed by atoms with Crippen LogP contribution in [0.4, 0.5) is 0 Å². The van der Waals surface area contributed by atoms with Crippen molar-refractivity contribution in [3.8, 4) is 0 Å².